The van der Waals surface area contributed by atoms with E-state index in [1.54, 1.807) is 12.1 Å². The third kappa shape index (κ3) is 3.95. The second-order valence-corrected chi connectivity index (χ2v) is 7.74. The van der Waals surface area contributed by atoms with E-state index in [2.05, 4.69) is 4.98 Å². The Kier molecular flexibility index (Phi) is 5.45. The highest BCUT2D eigenvalue weighted by Crippen LogP contribution is 2.19. The van der Waals surface area contributed by atoms with E-state index in [0.717, 1.165) is 23.1 Å². The fourth-order valence-electron chi connectivity index (χ4n) is 3.14. The number of rotatable bonds is 7. The normalized spacial score (nSPS) is 11.2. The summed E-state index contributed by atoms with van der Waals surface area (Å²) in [5, 5.41) is 10.6. The number of ether oxygens (including phenoxy) is 1. The SMILES string of the molecule is N=c1n(CCCOc2ccc(F)cc2)c2ccccc2n1Cc1csc(Cl)n1. The van der Waals surface area contributed by atoms with Gasteiger partial charge in [-0.05, 0) is 42.8 Å². The lowest BCUT2D eigenvalue weighted by atomic mass is 10.3. The number of para-hydroxylation sites is 2. The van der Waals surface area contributed by atoms with Crippen molar-refractivity contribution in [2.24, 2.45) is 0 Å². The molecule has 28 heavy (non-hydrogen) atoms. The van der Waals surface area contributed by atoms with Crippen LogP contribution < -0.4 is 10.4 Å². The third-order valence-electron chi connectivity index (χ3n) is 4.43. The van der Waals surface area contributed by atoms with Gasteiger partial charge in [-0.25, -0.2) is 9.37 Å². The number of hydrogen-bond acceptors (Lipinski definition) is 4. The number of benzene rings is 2. The number of aryl methyl sites for hydroxylation is 1. The van der Waals surface area contributed by atoms with Crippen LogP contribution in [0, 0.1) is 11.2 Å². The van der Waals surface area contributed by atoms with Crippen LogP contribution in [0.4, 0.5) is 4.39 Å². The van der Waals surface area contributed by atoms with Crippen molar-refractivity contribution in [1.82, 2.24) is 14.1 Å². The lowest BCUT2D eigenvalue weighted by Gasteiger charge is -2.07. The number of fused-ring (bicyclic) bond motifs is 1. The van der Waals surface area contributed by atoms with Crippen molar-refractivity contribution in [2.45, 2.75) is 19.5 Å². The second kappa shape index (κ2) is 8.16. The number of thiazole rings is 1. The molecule has 0 atom stereocenters. The standard InChI is InChI=1S/C20H18ClFN4OS/c21-19-24-15(13-28-19)12-26-18-5-2-1-4-17(18)25(20(26)23)10-3-11-27-16-8-6-14(22)7-9-16/h1-2,4-9,13,23H,3,10-12H2. The van der Waals surface area contributed by atoms with Crippen LogP contribution in [0.25, 0.3) is 11.0 Å². The van der Waals surface area contributed by atoms with Gasteiger partial charge in [0.15, 0.2) is 4.47 Å². The Morgan fingerprint density at radius 3 is 2.46 bits per heavy atom. The number of nitrogens with one attached hydrogen (secondary N) is 1. The molecule has 0 aliphatic rings. The van der Waals surface area contributed by atoms with Crippen LogP contribution in [0.1, 0.15) is 12.1 Å². The molecule has 0 unspecified atom stereocenters. The fraction of sp³-hybridized carbons (Fsp3) is 0.200. The Labute approximate surface area is 170 Å². The summed E-state index contributed by atoms with van der Waals surface area (Å²) in [6.45, 7) is 1.63. The van der Waals surface area contributed by atoms with Gasteiger partial charge in [-0.3, -0.25) is 5.41 Å². The molecule has 4 rings (SSSR count). The molecule has 0 aliphatic carbocycles. The largest absolute Gasteiger partial charge is 0.494 e. The zero-order chi connectivity index (χ0) is 19.5. The third-order valence-corrected chi connectivity index (χ3v) is 5.45. The summed E-state index contributed by atoms with van der Waals surface area (Å²) in [7, 11) is 0. The van der Waals surface area contributed by atoms with Crippen LogP contribution in [-0.2, 0) is 13.1 Å². The van der Waals surface area contributed by atoms with Crippen LogP contribution >= 0.6 is 22.9 Å². The van der Waals surface area contributed by atoms with E-state index in [0.29, 0.717) is 35.5 Å². The Bertz CT molecular complexity index is 1150. The van der Waals surface area contributed by atoms with E-state index in [4.69, 9.17) is 21.7 Å². The molecule has 0 fully saturated rings. The van der Waals surface area contributed by atoms with Gasteiger partial charge in [-0.15, -0.1) is 11.3 Å². The summed E-state index contributed by atoms with van der Waals surface area (Å²) in [6.07, 6.45) is 0.727. The van der Waals surface area contributed by atoms with Crippen molar-refractivity contribution in [3.8, 4) is 5.75 Å². The second-order valence-electron chi connectivity index (χ2n) is 6.30. The maximum Gasteiger partial charge on any atom is 0.203 e. The van der Waals surface area contributed by atoms with Gasteiger partial charge in [0.2, 0.25) is 5.62 Å². The lowest BCUT2D eigenvalue weighted by Crippen LogP contribution is -2.25. The maximum absolute atomic E-state index is 13.0. The molecule has 0 saturated heterocycles. The monoisotopic (exact) mass is 416 g/mol. The summed E-state index contributed by atoms with van der Waals surface area (Å²) in [6, 6.07) is 13.9. The Hall–Kier alpha value is -2.64. The molecule has 2 aromatic heterocycles. The smallest absolute Gasteiger partial charge is 0.203 e. The molecular weight excluding hydrogens is 399 g/mol. The lowest BCUT2D eigenvalue weighted by molar-refractivity contribution is 0.300. The van der Waals surface area contributed by atoms with E-state index in [9.17, 15) is 4.39 Å². The van der Waals surface area contributed by atoms with Gasteiger partial charge in [-0.2, -0.15) is 0 Å². The minimum absolute atomic E-state index is 0.282. The zero-order valence-electron chi connectivity index (χ0n) is 14.9. The van der Waals surface area contributed by atoms with Gasteiger partial charge in [-0.1, -0.05) is 23.7 Å². The van der Waals surface area contributed by atoms with E-state index < -0.39 is 0 Å². The molecule has 0 spiro atoms. The van der Waals surface area contributed by atoms with Gasteiger partial charge in [0.05, 0.1) is 29.9 Å². The molecule has 1 N–H and O–H groups in total. The average Bonchev–Trinajstić information content (AvgIpc) is 3.23. The van der Waals surface area contributed by atoms with E-state index in [1.165, 1.54) is 23.5 Å². The summed E-state index contributed by atoms with van der Waals surface area (Å²) < 4.78 is 23.0. The molecule has 0 amide bonds. The Balaban J connectivity index is 1.51. The van der Waals surface area contributed by atoms with Crippen LogP contribution in [-0.4, -0.2) is 20.7 Å². The van der Waals surface area contributed by atoms with Crippen LogP contribution in [0.15, 0.2) is 53.9 Å². The molecule has 8 heteroatoms. The molecule has 0 aliphatic heterocycles. The molecule has 0 saturated carbocycles. The zero-order valence-corrected chi connectivity index (χ0v) is 16.5. The first-order chi connectivity index (χ1) is 13.6. The summed E-state index contributed by atoms with van der Waals surface area (Å²) in [5.74, 6) is 0.358. The predicted octanol–water partition coefficient (Wildman–Crippen LogP) is 4.69. The van der Waals surface area contributed by atoms with Crippen molar-refractivity contribution in [3.63, 3.8) is 0 Å². The highest BCUT2D eigenvalue weighted by atomic mass is 35.5. The molecular formula is C20H18ClFN4OS. The molecule has 2 aromatic carbocycles. The summed E-state index contributed by atoms with van der Waals surface area (Å²) in [5.41, 5.74) is 3.23. The van der Waals surface area contributed by atoms with Crippen molar-refractivity contribution < 1.29 is 9.13 Å². The van der Waals surface area contributed by atoms with Crippen LogP contribution in [0.3, 0.4) is 0 Å². The number of aromatic nitrogens is 3. The maximum atomic E-state index is 13.0. The van der Waals surface area contributed by atoms with E-state index in [-0.39, 0.29) is 5.82 Å². The molecule has 2 heterocycles. The molecule has 4 aromatic rings. The van der Waals surface area contributed by atoms with Gasteiger partial charge in [0.25, 0.3) is 0 Å². The van der Waals surface area contributed by atoms with Crippen molar-refractivity contribution in [3.05, 3.63) is 75.5 Å². The number of halogens is 2. The van der Waals surface area contributed by atoms with Crippen LogP contribution in [0.2, 0.25) is 4.47 Å². The Morgan fingerprint density at radius 2 is 1.79 bits per heavy atom. The van der Waals surface area contributed by atoms with Crippen molar-refractivity contribution >= 4 is 34.0 Å². The number of imidazole rings is 1. The Morgan fingerprint density at radius 1 is 1.07 bits per heavy atom. The average molecular weight is 417 g/mol. The van der Waals surface area contributed by atoms with Crippen molar-refractivity contribution in [2.75, 3.05) is 6.61 Å². The molecule has 5 nitrogen and oxygen atoms in total. The van der Waals surface area contributed by atoms with Gasteiger partial charge in [0, 0.05) is 11.9 Å². The molecule has 144 valence electrons. The minimum Gasteiger partial charge on any atom is -0.494 e. The predicted molar refractivity (Wildman–Crippen MR) is 109 cm³/mol. The first kappa shape index (κ1) is 18.7. The van der Waals surface area contributed by atoms with Gasteiger partial charge in [0.1, 0.15) is 11.6 Å². The number of hydrogen-bond donors (Lipinski definition) is 1. The quantitative estimate of drug-likeness (QED) is 0.444. The molecule has 0 radical (unpaired) electrons. The summed E-state index contributed by atoms with van der Waals surface area (Å²) in [4.78, 5) is 4.30. The highest BCUT2D eigenvalue weighted by Gasteiger charge is 2.12. The van der Waals surface area contributed by atoms with Crippen LogP contribution in [0.5, 0.6) is 5.75 Å². The van der Waals surface area contributed by atoms with Gasteiger partial charge >= 0.3 is 0 Å². The highest BCUT2D eigenvalue weighted by molar-refractivity contribution is 7.13. The minimum atomic E-state index is -0.282. The van der Waals surface area contributed by atoms with E-state index >= 15 is 0 Å². The molecule has 0 bridgehead atoms. The number of nitrogens with zero attached hydrogens (tertiary/aromatic N) is 3. The summed E-state index contributed by atoms with van der Waals surface area (Å²) >= 11 is 7.34. The topological polar surface area (TPSA) is 55.8 Å². The first-order valence-corrected chi connectivity index (χ1v) is 10.1. The fourth-order valence-corrected chi connectivity index (χ4v) is 3.91. The van der Waals surface area contributed by atoms with Crippen molar-refractivity contribution in [1.29, 1.82) is 5.41 Å². The first-order valence-electron chi connectivity index (χ1n) is 8.83. The van der Waals surface area contributed by atoms with E-state index in [1.807, 2.05) is 38.8 Å². The van der Waals surface area contributed by atoms with Gasteiger partial charge < -0.3 is 13.9 Å².